The number of fused-ring (bicyclic) bond motifs is 2. The lowest BCUT2D eigenvalue weighted by Gasteiger charge is -2.25. The third-order valence-corrected chi connectivity index (χ3v) is 5.82. The predicted octanol–water partition coefficient (Wildman–Crippen LogP) is 5.21. The SMILES string of the molecule is [C-]#[N+]c1ccc2ccnc(Nc3ccc(C(=O)NC4CCc5ccccc5C4)nc3)c2c1. The predicted molar refractivity (Wildman–Crippen MR) is 125 cm³/mol. The number of nitrogens with zero attached hydrogens (tertiary/aromatic N) is 3. The molecule has 1 amide bonds. The van der Waals surface area contributed by atoms with E-state index in [0.717, 1.165) is 35.7 Å². The Bertz CT molecular complexity index is 1340. The van der Waals surface area contributed by atoms with Crippen molar-refractivity contribution in [1.29, 1.82) is 0 Å². The van der Waals surface area contributed by atoms with Crippen LogP contribution in [-0.4, -0.2) is 21.9 Å². The van der Waals surface area contributed by atoms with Gasteiger partial charge in [-0.25, -0.2) is 14.8 Å². The van der Waals surface area contributed by atoms with Gasteiger partial charge in [0.1, 0.15) is 11.5 Å². The maximum atomic E-state index is 12.7. The molecule has 1 unspecified atom stereocenters. The first-order valence-corrected chi connectivity index (χ1v) is 10.6. The van der Waals surface area contributed by atoms with Crippen LogP contribution in [0.2, 0.25) is 0 Å². The summed E-state index contributed by atoms with van der Waals surface area (Å²) in [4.78, 5) is 25.0. The van der Waals surface area contributed by atoms with Gasteiger partial charge in [0.2, 0.25) is 0 Å². The van der Waals surface area contributed by atoms with Gasteiger partial charge in [0.05, 0.1) is 18.5 Å². The van der Waals surface area contributed by atoms with E-state index in [0.29, 0.717) is 17.2 Å². The van der Waals surface area contributed by atoms with Crippen molar-refractivity contribution in [3.63, 3.8) is 0 Å². The van der Waals surface area contributed by atoms with E-state index in [-0.39, 0.29) is 11.9 Å². The fourth-order valence-corrected chi connectivity index (χ4v) is 4.14. The van der Waals surface area contributed by atoms with E-state index in [1.807, 2.05) is 30.3 Å². The summed E-state index contributed by atoms with van der Waals surface area (Å²) in [5, 5.41) is 8.22. The number of aryl methyl sites for hydroxylation is 1. The number of benzene rings is 2. The highest BCUT2D eigenvalue weighted by atomic mass is 16.1. The maximum Gasteiger partial charge on any atom is 0.270 e. The lowest BCUT2D eigenvalue weighted by molar-refractivity contribution is 0.0928. The van der Waals surface area contributed by atoms with E-state index in [1.165, 1.54) is 11.1 Å². The lowest BCUT2D eigenvalue weighted by Crippen LogP contribution is -2.39. The zero-order valence-electron chi connectivity index (χ0n) is 17.4. The van der Waals surface area contributed by atoms with E-state index in [1.54, 1.807) is 24.5 Å². The van der Waals surface area contributed by atoms with Gasteiger partial charge in [-0.2, -0.15) is 0 Å². The van der Waals surface area contributed by atoms with E-state index in [2.05, 4.69) is 43.6 Å². The molecule has 5 rings (SSSR count). The lowest BCUT2D eigenvalue weighted by atomic mass is 9.88. The summed E-state index contributed by atoms with van der Waals surface area (Å²) in [6.45, 7) is 7.24. The van der Waals surface area contributed by atoms with Crippen LogP contribution in [0.15, 0.2) is 73.1 Å². The highest BCUT2D eigenvalue weighted by Crippen LogP contribution is 2.28. The van der Waals surface area contributed by atoms with Crippen molar-refractivity contribution in [3.8, 4) is 0 Å². The Kier molecular flexibility index (Phi) is 5.22. The van der Waals surface area contributed by atoms with Gasteiger partial charge in [-0.1, -0.05) is 36.4 Å². The first-order valence-electron chi connectivity index (χ1n) is 10.6. The topological polar surface area (TPSA) is 71.3 Å². The van der Waals surface area contributed by atoms with Gasteiger partial charge in [0, 0.05) is 17.6 Å². The molecule has 2 aromatic heterocycles. The van der Waals surface area contributed by atoms with Crippen LogP contribution in [0.3, 0.4) is 0 Å². The fourth-order valence-electron chi connectivity index (χ4n) is 4.14. The summed E-state index contributed by atoms with van der Waals surface area (Å²) in [5.41, 5.74) is 4.35. The smallest absolute Gasteiger partial charge is 0.270 e. The largest absolute Gasteiger partial charge is 0.348 e. The Morgan fingerprint density at radius 3 is 2.72 bits per heavy atom. The molecule has 0 aliphatic heterocycles. The number of rotatable bonds is 4. The van der Waals surface area contributed by atoms with Crippen molar-refractivity contribution >= 4 is 33.9 Å². The van der Waals surface area contributed by atoms with Gasteiger partial charge in [-0.15, -0.1) is 0 Å². The molecule has 6 nitrogen and oxygen atoms in total. The molecule has 0 spiro atoms. The molecule has 1 aliphatic carbocycles. The van der Waals surface area contributed by atoms with E-state index in [9.17, 15) is 4.79 Å². The minimum atomic E-state index is -0.161. The zero-order valence-corrected chi connectivity index (χ0v) is 17.4. The Labute approximate surface area is 186 Å². The summed E-state index contributed by atoms with van der Waals surface area (Å²) in [6.07, 6.45) is 6.11. The molecule has 6 heteroatoms. The molecule has 156 valence electrons. The number of hydrogen-bond donors (Lipinski definition) is 2. The second-order valence-corrected chi connectivity index (χ2v) is 7.92. The van der Waals surface area contributed by atoms with Crippen LogP contribution in [0.25, 0.3) is 15.6 Å². The van der Waals surface area contributed by atoms with Crippen LogP contribution in [0.5, 0.6) is 0 Å². The average molecular weight is 419 g/mol. The number of nitrogens with one attached hydrogen (secondary N) is 2. The standard InChI is InChI=1S/C26H21N5O/c1-27-20-8-7-18-12-13-28-25(23(18)15-20)30-22-10-11-24(29-16-22)26(32)31-21-9-6-17-4-2-3-5-19(17)14-21/h2-5,7-8,10-13,15-16,21H,6,9,14H2,(H,28,30)(H,31,32). The molecule has 2 heterocycles. The van der Waals surface area contributed by atoms with E-state index < -0.39 is 0 Å². The monoisotopic (exact) mass is 419 g/mol. The molecular formula is C26H21N5O. The van der Waals surface area contributed by atoms with Gasteiger partial charge >= 0.3 is 0 Å². The van der Waals surface area contributed by atoms with Gasteiger partial charge in [0.15, 0.2) is 5.69 Å². The Morgan fingerprint density at radius 2 is 1.91 bits per heavy atom. The third kappa shape index (κ3) is 4.01. The highest BCUT2D eigenvalue weighted by Gasteiger charge is 2.20. The number of carbonyl (C=O) groups excluding carboxylic acids is 1. The minimum absolute atomic E-state index is 0.119. The van der Waals surface area contributed by atoms with Crippen LogP contribution in [0.1, 0.15) is 28.0 Å². The first kappa shape index (κ1) is 19.7. The normalized spacial score (nSPS) is 14.9. The molecule has 32 heavy (non-hydrogen) atoms. The Hall–Kier alpha value is -4.24. The average Bonchev–Trinajstić information content (AvgIpc) is 2.84. The Morgan fingerprint density at radius 1 is 1.03 bits per heavy atom. The number of hydrogen-bond acceptors (Lipinski definition) is 4. The molecule has 0 saturated carbocycles. The number of pyridine rings is 2. The summed E-state index contributed by atoms with van der Waals surface area (Å²) in [6, 6.07) is 19.5. The zero-order chi connectivity index (χ0) is 21.9. The molecule has 0 saturated heterocycles. The maximum absolute atomic E-state index is 12.7. The van der Waals surface area contributed by atoms with Crippen molar-refractivity contribution in [2.75, 3.05) is 5.32 Å². The minimum Gasteiger partial charge on any atom is -0.348 e. The Balaban J connectivity index is 1.28. The number of amides is 1. The van der Waals surface area contributed by atoms with E-state index >= 15 is 0 Å². The van der Waals surface area contributed by atoms with Crippen LogP contribution in [0.4, 0.5) is 17.2 Å². The fraction of sp³-hybridized carbons (Fsp3) is 0.154. The number of carbonyl (C=O) groups is 1. The van der Waals surface area contributed by atoms with Gasteiger partial charge in [0.25, 0.3) is 5.91 Å². The molecular weight excluding hydrogens is 398 g/mol. The van der Waals surface area contributed by atoms with Gasteiger partial charge < -0.3 is 10.6 Å². The summed E-state index contributed by atoms with van der Waals surface area (Å²) in [5.74, 6) is 0.485. The van der Waals surface area contributed by atoms with Crippen LogP contribution in [0, 0.1) is 6.57 Å². The van der Waals surface area contributed by atoms with Crippen molar-refractivity contribution < 1.29 is 4.79 Å². The van der Waals surface area contributed by atoms with Crippen LogP contribution in [-0.2, 0) is 12.8 Å². The van der Waals surface area contributed by atoms with Crippen LogP contribution >= 0.6 is 0 Å². The summed E-state index contributed by atoms with van der Waals surface area (Å²) >= 11 is 0. The van der Waals surface area contributed by atoms with Crippen molar-refractivity contribution in [2.45, 2.75) is 25.3 Å². The third-order valence-electron chi connectivity index (χ3n) is 5.82. The van der Waals surface area contributed by atoms with Crippen molar-refractivity contribution in [2.24, 2.45) is 0 Å². The first-order chi connectivity index (χ1) is 15.7. The second-order valence-electron chi connectivity index (χ2n) is 7.92. The molecule has 1 aliphatic rings. The molecule has 0 bridgehead atoms. The van der Waals surface area contributed by atoms with E-state index in [4.69, 9.17) is 6.57 Å². The molecule has 0 fully saturated rings. The number of anilines is 2. The van der Waals surface area contributed by atoms with Gasteiger partial charge in [-0.05, 0) is 60.0 Å². The number of aromatic nitrogens is 2. The van der Waals surface area contributed by atoms with Crippen molar-refractivity contribution in [3.05, 3.63) is 101 Å². The quantitative estimate of drug-likeness (QED) is 0.446. The molecule has 2 N–H and O–H groups in total. The molecule has 4 aromatic rings. The summed E-state index contributed by atoms with van der Waals surface area (Å²) in [7, 11) is 0. The highest BCUT2D eigenvalue weighted by molar-refractivity contribution is 5.96. The van der Waals surface area contributed by atoms with Crippen LogP contribution < -0.4 is 10.6 Å². The molecule has 0 radical (unpaired) electrons. The van der Waals surface area contributed by atoms with Crippen molar-refractivity contribution in [1.82, 2.24) is 15.3 Å². The molecule has 2 aromatic carbocycles. The van der Waals surface area contributed by atoms with Gasteiger partial charge in [-0.3, -0.25) is 4.79 Å². The molecule has 1 atom stereocenters. The summed E-state index contributed by atoms with van der Waals surface area (Å²) < 4.78 is 0. The second kappa shape index (κ2) is 8.48.